The molecule has 0 aromatic rings. The van der Waals surface area contributed by atoms with Crippen molar-refractivity contribution in [2.24, 2.45) is 17.6 Å². The Morgan fingerprint density at radius 3 is 2.73 bits per heavy atom. The Balaban J connectivity index is 2.53. The number of nitrogens with two attached hydrogens (primary N) is 1. The first-order valence-corrected chi connectivity index (χ1v) is 5.65. The lowest BCUT2D eigenvalue weighted by Gasteiger charge is -2.30. The van der Waals surface area contributed by atoms with Crippen LogP contribution < -0.4 is 5.73 Å². The molecule has 15 heavy (non-hydrogen) atoms. The number of primary amides is 1. The Morgan fingerprint density at radius 1 is 1.67 bits per heavy atom. The maximum Gasteiger partial charge on any atom is 0.220 e. The van der Waals surface area contributed by atoms with E-state index in [2.05, 4.69) is 0 Å². The molecule has 1 aliphatic rings. The summed E-state index contributed by atoms with van der Waals surface area (Å²) in [6.07, 6.45) is 2.86. The quantitative estimate of drug-likeness (QED) is 0.719. The van der Waals surface area contributed by atoms with E-state index in [1.54, 1.807) is 0 Å². The first-order valence-electron chi connectivity index (χ1n) is 5.65. The van der Waals surface area contributed by atoms with E-state index in [0.29, 0.717) is 19.4 Å². The van der Waals surface area contributed by atoms with Gasteiger partial charge in [0.15, 0.2) is 5.79 Å². The Bertz CT molecular complexity index is 224. The van der Waals surface area contributed by atoms with Gasteiger partial charge >= 0.3 is 0 Å². The zero-order valence-corrected chi connectivity index (χ0v) is 9.53. The van der Waals surface area contributed by atoms with Crippen LogP contribution in [0, 0.1) is 11.8 Å². The van der Waals surface area contributed by atoms with Crippen LogP contribution in [0.25, 0.3) is 0 Å². The molecule has 3 N–H and O–H groups in total. The van der Waals surface area contributed by atoms with Gasteiger partial charge in [0.1, 0.15) is 0 Å². The lowest BCUT2D eigenvalue weighted by Crippen LogP contribution is -2.38. The van der Waals surface area contributed by atoms with Crippen LogP contribution in [-0.2, 0) is 9.53 Å². The molecule has 0 saturated carbocycles. The maximum absolute atomic E-state index is 11.1. The van der Waals surface area contributed by atoms with E-state index in [0.717, 1.165) is 12.8 Å². The Morgan fingerprint density at radius 2 is 2.33 bits per heavy atom. The zero-order chi connectivity index (χ0) is 11.5. The molecule has 4 heteroatoms. The number of hydrogen-bond donors (Lipinski definition) is 2. The molecular formula is C11H21NO3. The Labute approximate surface area is 90.8 Å². The van der Waals surface area contributed by atoms with E-state index in [9.17, 15) is 9.90 Å². The van der Waals surface area contributed by atoms with Crippen LogP contribution in [0.5, 0.6) is 0 Å². The largest absolute Gasteiger partial charge is 0.369 e. The van der Waals surface area contributed by atoms with E-state index in [1.165, 1.54) is 0 Å². The van der Waals surface area contributed by atoms with E-state index in [-0.39, 0.29) is 17.7 Å². The average Bonchev–Trinajstić information content (AvgIpc) is 2.61. The van der Waals surface area contributed by atoms with Crippen LogP contribution in [0.3, 0.4) is 0 Å². The molecule has 4 nitrogen and oxygen atoms in total. The van der Waals surface area contributed by atoms with Gasteiger partial charge in [-0.3, -0.25) is 4.79 Å². The van der Waals surface area contributed by atoms with Crippen molar-refractivity contribution >= 4 is 5.91 Å². The van der Waals surface area contributed by atoms with Crippen molar-refractivity contribution in [3.63, 3.8) is 0 Å². The summed E-state index contributed by atoms with van der Waals surface area (Å²) in [4.78, 5) is 11.1. The monoisotopic (exact) mass is 215 g/mol. The molecule has 0 aromatic carbocycles. The molecule has 0 bridgehead atoms. The van der Waals surface area contributed by atoms with Crippen LogP contribution in [0.4, 0.5) is 0 Å². The van der Waals surface area contributed by atoms with E-state index in [4.69, 9.17) is 10.5 Å². The second-order valence-corrected chi connectivity index (χ2v) is 4.44. The van der Waals surface area contributed by atoms with Crippen LogP contribution in [0.15, 0.2) is 0 Å². The molecule has 1 saturated heterocycles. The Hall–Kier alpha value is -0.610. The maximum atomic E-state index is 11.1. The summed E-state index contributed by atoms with van der Waals surface area (Å²) < 4.78 is 5.33. The minimum absolute atomic E-state index is 0.0440. The molecule has 1 aliphatic heterocycles. The number of ether oxygens (including phenoxy) is 1. The fraction of sp³-hybridized carbons (Fsp3) is 0.909. The third-order valence-corrected chi connectivity index (χ3v) is 3.33. The fourth-order valence-corrected chi connectivity index (χ4v) is 2.13. The highest BCUT2D eigenvalue weighted by Gasteiger charge is 2.39. The summed E-state index contributed by atoms with van der Waals surface area (Å²) in [6, 6.07) is 0. The highest BCUT2D eigenvalue weighted by Crippen LogP contribution is 2.34. The van der Waals surface area contributed by atoms with Gasteiger partial charge in [-0.25, -0.2) is 0 Å². The van der Waals surface area contributed by atoms with Crippen molar-refractivity contribution in [1.29, 1.82) is 0 Å². The standard InChI is InChI=1S/C11H21NO3/c1-3-9(10(12)13)7-8(2)11(14)5-4-6-15-11/h8-9,14H,3-7H2,1-2H3,(H2,12,13)/t8-,9?,11?/m0/s1. The number of carbonyl (C=O) groups is 1. The Kier molecular flexibility index (Phi) is 4.11. The zero-order valence-electron chi connectivity index (χ0n) is 9.53. The molecule has 2 unspecified atom stereocenters. The van der Waals surface area contributed by atoms with Crippen molar-refractivity contribution in [3.8, 4) is 0 Å². The molecule has 1 fully saturated rings. The number of aliphatic hydroxyl groups is 1. The van der Waals surface area contributed by atoms with Gasteiger partial charge in [-0.05, 0) is 19.3 Å². The lowest BCUT2D eigenvalue weighted by molar-refractivity contribution is -0.206. The summed E-state index contributed by atoms with van der Waals surface area (Å²) in [5, 5.41) is 10.1. The number of amides is 1. The van der Waals surface area contributed by atoms with Gasteiger partial charge in [-0.2, -0.15) is 0 Å². The summed E-state index contributed by atoms with van der Waals surface area (Å²) in [5.74, 6) is -1.53. The topological polar surface area (TPSA) is 72.6 Å². The van der Waals surface area contributed by atoms with Gasteiger partial charge in [0.25, 0.3) is 0 Å². The molecule has 88 valence electrons. The van der Waals surface area contributed by atoms with Crippen molar-refractivity contribution < 1.29 is 14.6 Å². The molecule has 0 aliphatic carbocycles. The molecule has 1 rings (SSSR count). The average molecular weight is 215 g/mol. The van der Waals surface area contributed by atoms with E-state index >= 15 is 0 Å². The summed E-state index contributed by atoms with van der Waals surface area (Å²) >= 11 is 0. The number of hydrogen-bond acceptors (Lipinski definition) is 3. The fourth-order valence-electron chi connectivity index (χ4n) is 2.13. The third kappa shape index (κ3) is 2.92. The van der Waals surface area contributed by atoms with E-state index in [1.807, 2.05) is 13.8 Å². The molecule has 1 heterocycles. The highest BCUT2D eigenvalue weighted by atomic mass is 16.6. The lowest BCUT2D eigenvalue weighted by atomic mass is 9.86. The van der Waals surface area contributed by atoms with Gasteiger partial charge in [-0.1, -0.05) is 13.8 Å². The van der Waals surface area contributed by atoms with Crippen LogP contribution in [-0.4, -0.2) is 23.4 Å². The van der Waals surface area contributed by atoms with Gasteiger partial charge in [0.2, 0.25) is 5.91 Å². The highest BCUT2D eigenvalue weighted by molar-refractivity contribution is 5.76. The molecule has 3 atom stereocenters. The SMILES string of the molecule is CCC(C[C@H](C)C1(O)CCCO1)C(N)=O. The van der Waals surface area contributed by atoms with Crippen LogP contribution in [0.2, 0.25) is 0 Å². The summed E-state index contributed by atoms with van der Waals surface area (Å²) in [7, 11) is 0. The predicted molar refractivity (Wildman–Crippen MR) is 56.9 cm³/mol. The number of rotatable bonds is 5. The number of carbonyl (C=O) groups excluding carboxylic acids is 1. The van der Waals surface area contributed by atoms with Crippen molar-refractivity contribution in [2.45, 2.75) is 45.3 Å². The van der Waals surface area contributed by atoms with E-state index < -0.39 is 5.79 Å². The smallest absolute Gasteiger partial charge is 0.220 e. The minimum Gasteiger partial charge on any atom is -0.369 e. The van der Waals surface area contributed by atoms with Crippen LogP contribution in [0.1, 0.15) is 39.5 Å². The minimum atomic E-state index is -1.04. The second kappa shape index (κ2) is 4.94. The second-order valence-electron chi connectivity index (χ2n) is 4.44. The predicted octanol–water partition coefficient (Wildman–Crippen LogP) is 1.02. The first-order chi connectivity index (χ1) is 6.99. The molecule has 1 amide bonds. The molecule has 0 spiro atoms. The van der Waals surface area contributed by atoms with Gasteiger partial charge in [-0.15, -0.1) is 0 Å². The summed E-state index contributed by atoms with van der Waals surface area (Å²) in [5.41, 5.74) is 5.28. The van der Waals surface area contributed by atoms with Crippen molar-refractivity contribution in [2.75, 3.05) is 6.61 Å². The van der Waals surface area contributed by atoms with Gasteiger partial charge in [0.05, 0.1) is 6.61 Å². The molecule has 0 aromatic heterocycles. The van der Waals surface area contributed by atoms with Crippen LogP contribution >= 0.6 is 0 Å². The third-order valence-electron chi connectivity index (χ3n) is 3.33. The van der Waals surface area contributed by atoms with Crippen molar-refractivity contribution in [3.05, 3.63) is 0 Å². The first kappa shape index (κ1) is 12.5. The van der Waals surface area contributed by atoms with Gasteiger partial charge < -0.3 is 15.6 Å². The summed E-state index contributed by atoms with van der Waals surface area (Å²) in [6.45, 7) is 4.45. The molecule has 0 radical (unpaired) electrons. The van der Waals surface area contributed by atoms with Crippen molar-refractivity contribution in [1.82, 2.24) is 0 Å². The molecular weight excluding hydrogens is 194 g/mol. The van der Waals surface area contributed by atoms with Gasteiger partial charge in [0, 0.05) is 18.3 Å². The normalized spacial score (nSPS) is 30.1.